The van der Waals surface area contributed by atoms with Gasteiger partial charge in [-0.25, -0.2) is 14.1 Å². The third-order valence-electron chi connectivity index (χ3n) is 4.42. The number of hydrogen-bond donors (Lipinski definition) is 1. The summed E-state index contributed by atoms with van der Waals surface area (Å²) < 4.78 is 16.2. The number of rotatable bonds is 5. The molecular weight excluding hydrogens is 345 g/mol. The lowest BCUT2D eigenvalue weighted by atomic mass is 10.0. The van der Waals surface area contributed by atoms with Crippen molar-refractivity contribution in [1.82, 2.24) is 14.8 Å². The molecule has 0 saturated carbocycles. The highest BCUT2D eigenvalue weighted by molar-refractivity contribution is 5.86. The molecule has 0 radical (unpaired) electrons. The molecule has 4 rings (SSSR count). The lowest BCUT2D eigenvalue weighted by Gasteiger charge is -2.07. The third kappa shape index (κ3) is 3.42. The number of nitrogens with zero attached hydrogens (tertiary/aromatic N) is 3. The van der Waals surface area contributed by atoms with Crippen LogP contribution in [0.5, 0.6) is 0 Å². The fraction of sp³-hybridized carbons (Fsp3) is 0.0952. The van der Waals surface area contributed by atoms with Crippen LogP contribution in [0.15, 0.2) is 67.0 Å². The van der Waals surface area contributed by atoms with E-state index in [2.05, 4.69) is 10.1 Å². The Balaban J connectivity index is 1.73. The van der Waals surface area contributed by atoms with E-state index in [0.717, 1.165) is 16.7 Å². The molecule has 2 heterocycles. The Morgan fingerprint density at radius 3 is 2.59 bits per heavy atom. The molecule has 0 spiro atoms. The van der Waals surface area contributed by atoms with E-state index in [4.69, 9.17) is 5.11 Å². The van der Waals surface area contributed by atoms with Crippen LogP contribution < -0.4 is 0 Å². The van der Waals surface area contributed by atoms with Gasteiger partial charge in [-0.15, -0.1) is 0 Å². The van der Waals surface area contributed by atoms with E-state index >= 15 is 0 Å². The van der Waals surface area contributed by atoms with Crippen LogP contribution in [-0.4, -0.2) is 25.8 Å². The second kappa shape index (κ2) is 6.99. The van der Waals surface area contributed by atoms with Crippen molar-refractivity contribution in [2.75, 3.05) is 0 Å². The van der Waals surface area contributed by atoms with Gasteiger partial charge < -0.3 is 5.11 Å². The number of fused-ring (bicyclic) bond motifs is 1. The predicted molar refractivity (Wildman–Crippen MR) is 100 cm³/mol. The summed E-state index contributed by atoms with van der Waals surface area (Å²) in [5.74, 6) is -0.554. The van der Waals surface area contributed by atoms with E-state index in [0.29, 0.717) is 23.1 Å². The summed E-state index contributed by atoms with van der Waals surface area (Å²) in [7, 11) is 0. The first kappa shape index (κ1) is 16.9. The van der Waals surface area contributed by atoms with Gasteiger partial charge in [0.1, 0.15) is 5.82 Å². The summed E-state index contributed by atoms with van der Waals surface area (Å²) in [6, 6.07) is 16.3. The van der Waals surface area contributed by atoms with Gasteiger partial charge in [0, 0.05) is 12.6 Å². The number of carboxylic acids is 1. The van der Waals surface area contributed by atoms with Gasteiger partial charge in [0.2, 0.25) is 0 Å². The Morgan fingerprint density at radius 2 is 1.89 bits per heavy atom. The maximum absolute atomic E-state index is 14.6. The fourth-order valence-corrected chi connectivity index (χ4v) is 3.03. The highest BCUT2D eigenvalue weighted by Crippen LogP contribution is 2.28. The minimum absolute atomic E-state index is 0.0865. The first-order valence-corrected chi connectivity index (χ1v) is 8.51. The Hall–Kier alpha value is -3.54. The van der Waals surface area contributed by atoms with Crippen molar-refractivity contribution in [2.45, 2.75) is 12.8 Å². The first-order valence-electron chi connectivity index (χ1n) is 8.51. The SMILES string of the molecule is O=C(O)CCc1ccc(-c2cc(F)c3cnn(-c4ccccn4)c3c2)cc1. The number of carboxylic acid groups (broad SMARTS) is 1. The molecule has 1 N–H and O–H groups in total. The molecule has 0 fully saturated rings. The van der Waals surface area contributed by atoms with Gasteiger partial charge in [-0.3, -0.25) is 4.79 Å². The van der Waals surface area contributed by atoms with Crippen LogP contribution in [0.4, 0.5) is 4.39 Å². The molecule has 0 aliphatic heterocycles. The van der Waals surface area contributed by atoms with E-state index in [9.17, 15) is 9.18 Å². The number of aryl methyl sites for hydroxylation is 1. The monoisotopic (exact) mass is 361 g/mol. The average molecular weight is 361 g/mol. The average Bonchev–Trinajstić information content (AvgIpc) is 3.12. The molecule has 134 valence electrons. The predicted octanol–water partition coefficient (Wildman–Crippen LogP) is 4.24. The maximum atomic E-state index is 14.6. The molecule has 2 aromatic heterocycles. The first-order chi connectivity index (χ1) is 13.1. The Bertz CT molecular complexity index is 1110. The largest absolute Gasteiger partial charge is 0.481 e. The molecule has 4 aromatic rings. The van der Waals surface area contributed by atoms with Gasteiger partial charge >= 0.3 is 5.97 Å². The lowest BCUT2D eigenvalue weighted by molar-refractivity contribution is -0.136. The molecule has 0 atom stereocenters. The molecule has 0 aliphatic carbocycles. The smallest absolute Gasteiger partial charge is 0.303 e. The van der Waals surface area contributed by atoms with E-state index in [1.54, 1.807) is 10.9 Å². The lowest BCUT2D eigenvalue weighted by Crippen LogP contribution is -1.98. The molecule has 0 saturated heterocycles. The van der Waals surface area contributed by atoms with Crippen molar-refractivity contribution >= 4 is 16.9 Å². The Labute approximate surface area is 154 Å². The molecule has 5 nitrogen and oxygen atoms in total. The van der Waals surface area contributed by atoms with Crippen molar-refractivity contribution < 1.29 is 14.3 Å². The molecule has 0 unspecified atom stereocenters. The van der Waals surface area contributed by atoms with Crippen LogP contribution in [-0.2, 0) is 11.2 Å². The summed E-state index contributed by atoms with van der Waals surface area (Å²) >= 11 is 0. The van der Waals surface area contributed by atoms with Crippen LogP contribution in [0.25, 0.3) is 27.8 Å². The Kier molecular flexibility index (Phi) is 4.38. The highest BCUT2D eigenvalue weighted by Gasteiger charge is 2.12. The summed E-state index contributed by atoms with van der Waals surface area (Å²) in [6.07, 6.45) is 3.72. The van der Waals surface area contributed by atoms with Crippen molar-refractivity contribution in [3.05, 3.63) is 78.4 Å². The van der Waals surface area contributed by atoms with Crippen molar-refractivity contribution in [3.63, 3.8) is 0 Å². The summed E-state index contributed by atoms with van der Waals surface area (Å²) in [6.45, 7) is 0. The minimum Gasteiger partial charge on any atom is -0.481 e. The van der Waals surface area contributed by atoms with Gasteiger partial charge in [-0.1, -0.05) is 30.3 Å². The zero-order valence-electron chi connectivity index (χ0n) is 14.3. The second-order valence-corrected chi connectivity index (χ2v) is 6.23. The van der Waals surface area contributed by atoms with Crippen LogP contribution in [0, 0.1) is 5.82 Å². The topological polar surface area (TPSA) is 68.0 Å². The van der Waals surface area contributed by atoms with Crippen LogP contribution in [0.3, 0.4) is 0 Å². The molecule has 0 amide bonds. The van der Waals surface area contributed by atoms with Crippen LogP contribution in [0.1, 0.15) is 12.0 Å². The number of aliphatic carboxylic acids is 1. The van der Waals surface area contributed by atoms with E-state index in [1.165, 1.54) is 12.3 Å². The van der Waals surface area contributed by atoms with Crippen LogP contribution >= 0.6 is 0 Å². The van der Waals surface area contributed by atoms with Gasteiger partial charge in [0.05, 0.1) is 17.1 Å². The number of carbonyl (C=O) groups is 1. The number of halogens is 1. The van der Waals surface area contributed by atoms with E-state index in [-0.39, 0.29) is 12.2 Å². The third-order valence-corrected chi connectivity index (χ3v) is 4.42. The fourth-order valence-electron chi connectivity index (χ4n) is 3.03. The van der Waals surface area contributed by atoms with Gasteiger partial charge in [0.15, 0.2) is 5.82 Å². The van der Waals surface area contributed by atoms with Crippen molar-refractivity contribution in [3.8, 4) is 16.9 Å². The highest BCUT2D eigenvalue weighted by atomic mass is 19.1. The normalized spacial score (nSPS) is 11.0. The van der Waals surface area contributed by atoms with Gasteiger partial charge in [-0.2, -0.15) is 5.10 Å². The molecule has 2 aromatic carbocycles. The number of pyridine rings is 1. The van der Waals surface area contributed by atoms with E-state index in [1.807, 2.05) is 48.5 Å². The van der Waals surface area contributed by atoms with Crippen LogP contribution in [0.2, 0.25) is 0 Å². The maximum Gasteiger partial charge on any atom is 0.303 e. The molecular formula is C21H16FN3O2. The zero-order chi connectivity index (χ0) is 18.8. The van der Waals surface area contributed by atoms with E-state index < -0.39 is 5.97 Å². The standard InChI is InChI=1S/C21H16FN3O2/c22-18-11-16(15-7-4-14(5-8-15)6-9-21(26)27)12-19-17(18)13-24-25(19)20-3-1-2-10-23-20/h1-5,7-8,10-13H,6,9H2,(H,26,27). The number of aromatic nitrogens is 3. The summed E-state index contributed by atoms with van der Waals surface area (Å²) in [4.78, 5) is 15.0. The van der Waals surface area contributed by atoms with Crippen molar-refractivity contribution in [1.29, 1.82) is 0 Å². The molecule has 27 heavy (non-hydrogen) atoms. The number of hydrogen-bond acceptors (Lipinski definition) is 3. The molecule has 0 bridgehead atoms. The quantitative estimate of drug-likeness (QED) is 0.577. The Morgan fingerprint density at radius 1 is 1.07 bits per heavy atom. The summed E-state index contributed by atoms with van der Waals surface area (Å²) in [5.41, 5.74) is 3.14. The molecule has 0 aliphatic rings. The van der Waals surface area contributed by atoms with Gasteiger partial charge in [0.25, 0.3) is 0 Å². The zero-order valence-corrected chi connectivity index (χ0v) is 14.3. The molecule has 6 heteroatoms. The summed E-state index contributed by atoms with van der Waals surface area (Å²) in [5, 5.41) is 13.5. The minimum atomic E-state index is -0.825. The van der Waals surface area contributed by atoms with Gasteiger partial charge in [-0.05, 0) is 47.4 Å². The van der Waals surface area contributed by atoms with Crippen molar-refractivity contribution in [2.24, 2.45) is 0 Å². The number of benzene rings is 2. The second-order valence-electron chi connectivity index (χ2n) is 6.23.